The number of hydrogen-bond donors (Lipinski definition) is 2. The van der Waals surface area contributed by atoms with Crippen LogP contribution in [0.4, 0.5) is 11.4 Å². The molecule has 0 atom stereocenters. The van der Waals surface area contributed by atoms with Gasteiger partial charge >= 0.3 is 0 Å². The Balaban J connectivity index is 1.51. The van der Waals surface area contributed by atoms with Crippen LogP contribution in [0.5, 0.6) is 0 Å². The van der Waals surface area contributed by atoms with Gasteiger partial charge in [-0.25, -0.2) is 0 Å². The predicted octanol–water partition coefficient (Wildman–Crippen LogP) is 2.70. The molecule has 0 aromatic heterocycles. The fourth-order valence-corrected chi connectivity index (χ4v) is 4.64. The summed E-state index contributed by atoms with van der Waals surface area (Å²) in [6, 6.07) is 12.5. The smallest absolute Gasteiger partial charge is 0.254 e. The molecule has 0 bridgehead atoms. The van der Waals surface area contributed by atoms with E-state index in [9.17, 15) is 14.4 Å². The zero-order valence-electron chi connectivity index (χ0n) is 19.3. The van der Waals surface area contributed by atoms with Gasteiger partial charge in [0.2, 0.25) is 5.91 Å². The molecule has 9 heteroatoms. The second kappa shape index (κ2) is 10.9. The van der Waals surface area contributed by atoms with Crippen LogP contribution in [0, 0.1) is 0 Å². The Bertz CT molecular complexity index is 1070. The molecule has 2 heterocycles. The number of nitrogens with zero attached hydrogens (tertiary/aromatic N) is 3. The maximum absolute atomic E-state index is 13.0. The lowest BCUT2D eigenvalue weighted by Crippen LogP contribution is -2.46. The van der Waals surface area contributed by atoms with Gasteiger partial charge in [-0.1, -0.05) is 17.7 Å². The van der Waals surface area contributed by atoms with E-state index in [1.165, 1.54) is 6.92 Å². The van der Waals surface area contributed by atoms with Crippen LogP contribution in [0.2, 0.25) is 5.02 Å². The van der Waals surface area contributed by atoms with Crippen LogP contribution >= 0.6 is 11.6 Å². The van der Waals surface area contributed by atoms with Crippen molar-refractivity contribution < 1.29 is 14.4 Å². The summed E-state index contributed by atoms with van der Waals surface area (Å²) in [6.45, 7) is 6.88. The quantitative estimate of drug-likeness (QED) is 0.698. The van der Waals surface area contributed by atoms with Crippen LogP contribution < -0.4 is 15.5 Å². The number of nitrogens with one attached hydrogen (secondary N) is 2. The zero-order chi connectivity index (χ0) is 24.1. The fraction of sp³-hybridized carbons (Fsp3) is 0.400. The number of hydrogen-bond acceptors (Lipinski definition) is 5. The molecule has 34 heavy (non-hydrogen) atoms. The highest BCUT2D eigenvalue weighted by Gasteiger charge is 2.24. The molecule has 8 nitrogen and oxygen atoms in total. The van der Waals surface area contributed by atoms with E-state index in [2.05, 4.69) is 15.5 Å². The minimum Gasteiger partial charge on any atom is -0.368 e. The largest absolute Gasteiger partial charge is 0.368 e. The van der Waals surface area contributed by atoms with E-state index in [4.69, 9.17) is 11.6 Å². The van der Waals surface area contributed by atoms with Crippen molar-refractivity contribution in [3.63, 3.8) is 0 Å². The van der Waals surface area contributed by atoms with Gasteiger partial charge in [0, 0.05) is 75.4 Å². The highest BCUT2D eigenvalue weighted by Crippen LogP contribution is 2.29. The SMILES string of the molecule is CC(=O)Nc1cc(C(=O)N2CCNCC2)ccc1N1CCCN(C(=O)c2cccc(Cl)c2)CC1. The third kappa shape index (κ3) is 5.69. The minimum atomic E-state index is -0.194. The number of halogens is 1. The molecular formula is C25H30ClN5O3. The van der Waals surface area contributed by atoms with E-state index in [1.54, 1.807) is 30.3 Å². The van der Waals surface area contributed by atoms with Crippen molar-refractivity contribution in [2.75, 3.05) is 62.6 Å². The maximum Gasteiger partial charge on any atom is 0.254 e. The molecule has 2 N–H and O–H groups in total. The molecule has 3 amide bonds. The summed E-state index contributed by atoms with van der Waals surface area (Å²) in [6.07, 6.45) is 0.785. The Hall–Kier alpha value is -3.10. The monoisotopic (exact) mass is 483 g/mol. The van der Waals surface area contributed by atoms with Gasteiger partial charge in [0.05, 0.1) is 11.4 Å². The van der Waals surface area contributed by atoms with E-state index in [-0.39, 0.29) is 17.7 Å². The molecule has 0 aliphatic carbocycles. The summed E-state index contributed by atoms with van der Waals surface area (Å²) >= 11 is 6.06. The molecule has 0 radical (unpaired) electrons. The van der Waals surface area contributed by atoms with Crippen LogP contribution in [-0.4, -0.2) is 79.9 Å². The standard InChI is InChI=1S/C25H30ClN5O3/c1-18(32)28-22-17-20(25(34)31-12-8-27-9-13-31)6-7-23(22)29-10-3-11-30(15-14-29)24(33)19-4-2-5-21(26)16-19/h2,4-7,16-17,27H,3,8-15H2,1H3,(H,28,32). The molecule has 0 spiro atoms. The molecule has 0 unspecified atom stereocenters. The van der Waals surface area contributed by atoms with Crippen molar-refractivity contribution in [1.29, 1.82) is 0 Å². The third-order valence-electron chi connectivity index (χ3n) is 6.15. The van der Waals surface area contributed by atoms with Gasteiger partial charge in [-0.05, 0) is 42.8 Å². The lowest BCUT2D eigenvalue weighted by molar-refractivity contribution is -0.114. The van der Waals surface area contributed by atoms with Gasteiger partial charge in [0.1, 0.15) is 0 Å². The molecule has 2 aliphatic heterocycles. The van der Waals surface area contributed by atoms with Crippen molar-refractivity contribution in [2.45, 2.75) is 13.3 Å². The molecule has 2 fully saturated rings. The van der Waals surface area contributed by atoms with Crippen LogP contribution in [-0.2, 0) is 4.79 Å². The number of rotatable bonds is 4. The molecule has 0 saturated carbocycles. The van der Waals surface area contributed by atoms with E-state index in [0.717, 1.165) is 31.7 Å². The van der Waals surface area contributed by atoms with Gasteiger partial charge in [0.25, 0.3) is 11.8 Å². The predicted molar refractivity (Wildman–Crippen MR) is 134 cm³/mol. The van der Waals surface area contributed by atoms with Crippen molar-refractivity contribution in [3.05, 3.63) is 58.6 Å². The number of benzene rings is 2. The fourth-order valence-electron chi connectivity index (χ4n) is 4.45. The molecule has 2 aliphatic rings. The molecule has 180 valence electrons. The molecule has 2 aromatic carbocycles. The maximum atomic E-state index is 13.0. The minimum absolute atomic E-state index is 0.0335. The zero-order valence-corrected chi connectivity index (χ0v) is 20.1. The number of amides is 3. The third-order valence-corrected chi connectivity index (χ3v) is 6.39. The highest BCUT2D eigenvalue weighted by molar-refractivity contribution is 6.30. The first-order chi connectivity index (χ1) is 16.4. The Morgan fingerprint density at radius 2 is 1.56 bits per heavy atom. The first kappa shape index (κ1) is 24.0. The molecule has 2 aromatic rings. The summed E-state index contributed by atoms with van der Waals surface area (Å²) in [7, 11) is 0. The summed E-state index contributed by atoms with van der Waals surface area (Å²) in [5.74, 6) is -0.266. The first-order valence-electron chi connectivity index (χ1n) is 11.6. The molecular weight excluding hydrogens is 454 g/mol. The number of anilines is 2. The molecule has 4 rings (SSSR count). The lowest BCUT2D eigenvalue weighted by Gasteiger charge is -2.29. The number of carbonyl (C=O) groups excluding carboxylic acids is 3. The molecule has 2 saturated heterocycles. The van der Waals surface area contributed by atoms with Crippen molar-refractivity contribution in [1.82, 2.24) is 15.1 Å². The lowest BCUT2D eigenvalue weighted by atomic mass is 10.1. The van der Waals surface area contributed by atoms with E-state index in [0.29, 0.717) is 54.6 Å². The second-order valence-electron chi connectivity index (χ2n) is 8.60. The first-order valence-corrected chi connectivity index (χ1v) is 12.0. The van der Waals surface area contributed by atoms with Crippen LogP contribution in [0.1, 0.15) is 34.1 Å². The van der Waals surface area contributed by atoms with Gasteiger partial charge in [0.15, 0.2) is 0 Å². The topological polar surface area (TPSA) is 85.0 Å². The average Bonchev–Trinajstić information content (AvgIpc) is 3.09. The Labute approximate surface area is 204 Å². The highest BCUT2D eigenvalue weighted by atomic mass is 35.5. The van der Waals surface area contributed by atoms with Crippen molar-refractivity contribution in [3.8, 4) is 0 Å². The Kier molecular flexibility index (Phi) is 7.70. The average molecular weight is 484 g/mol. The summed E-state index contributed by atoms with van der Waals surface area (Å²) < 4.78 is 0. The summed E-state index contributed by atoms with van der Waals surface area (Å²) in [5, 5.41) is 6.69. The second-order valence-corrected chi connectivity index (χ2v) is 9.03. The van der Waals surface area contributed by atoms with E-state index in [1.807, 2.05) is 21.9 Å². The van der Waals surface area contributed by atoms with E-state index >= 15 is 0 Å². The summed E-state index contributed by atoms with van der Waals surface area (Å²) in [4.78, 5) is 43.7. The van der Waals surface area contributed by atoms with Gasteiger partial charge in [-0.3, -0.25) is 14.4 Å². The van der Waals surface area contributed by atoms with Gasteiger partial charge in [-0.15, -0.1) is 0 Å². The van der Waals surface area contributed by atoms with Crippen LogP contribution in [0.25, 0.3) is 0 Å². The van der Waals surface area contributed by atoms with E-state index < -0.39 is 0 Å². The number of piperazine rings is 1. The van der Waals surface area contributed by atoms with Crippen molar-refractivity contribution >= 4 is 40.7 Å². The number of carbonyl (C=O) groups is 3. The Morgan fingerprint density at radius 1 is 0.853 bits per heavy atom. The van der Waals surface area contributed by atoms with Crippen LogP contribution in [0.3, 0.4) is 0 Å². The Morgan fingerprint density at radius 3 is 2.26 bits per heavy atom. The normalized spacial score (nSPS) is 16.7. The van der Waals surface area contributed by atoms with Crippen LogP contribution in [0.15, 0.2) is 42.5 Å². The summed E-state index contributed by atoms with van der Waals surface area (Å²) in [5.41, 5.74) is 2.60. The van der Waals surface area contributed by atoms with Gasteiger partial charge in [-0.2, -0.15) is 0 Å². The van der Waals surface area contributed by atoms with Crippen molar-refractivity contribution in [2.24, 2.45) is 0 Å². The van der Waals surface area contributed by atoms with Gasteiger partial charge < -0.3 is 25.3 Å².